The fourth-order valence-electron chi connectivity index (χ4n) is 6.86. The summed E-state index contributed by atoms with van der Waals surface area (Å²) in [6.45, 7) is 0. The molecule has 0 amide bonds. The van der Waals surface area contributed by atoms with Crippen molar-refractivity contribution in [2.45, 2.75) is 0 Å². The van der Waals surface area contributed by atoms with Crippen LogP contribution in [0.15, 0.2) is 213 Å². The fraction of sp³-hybridized carbons (Fsp3) is 0. The molecule has 3 heterocycles. The number of fused-ring (bicyclic) bond motifs is 1. The Morgan fingerprint density at radius 2 is 0.822 bits per heavy atom. The maximum atomic E-state index is 12.7. The van der Waals surface area contributed by atoms with Gasteiger partial charge in [-0.3, -0.25) is 24.4 Å². The zero-order valence-electron chi connectivity index (χ0n) is 37.8. The van der Waals surface area contributed by atoms with Crippen LogP contribution in [-0.2, 0) is 0 Å². The summed E-state index contributed by atoms with van der Waals surface area (Å²) in [4.78, 5) is 50.1. The van der Waals surface area contributed by atoms with Crippen LogP contribution in [-0.4, -0.2) is 32.3 Å². The summed E-state index contributed by atoms with van der Waals surface area (Å²) in [6.07, 6.45) is 6.66. The van der Waals surface area contributed by atoms with Crippen LogP contribution in [0.2, 0.25) is 30.1 Å². The van der Waals surface area contributed by atoms with Crippen LogP contribution >= 0.6 is 69.6 Å². The van der Waals surface area contributed by atoms with Gasteiger partial charge in [0.15, 0.2) is 23.1 Å². The minimum atomic E-state index is -0.194. The van der Waals surface area contributed by atoms with Gasteiger partial charge in [-0.05, 0) is 158 Å². The molecule has 3 aromatic heterocycles. The van der Waals surface area contributed by atoms with Gasteiger partial charge in [-0.15, -0.1) is 0 Å². The van der Waals surface area contributed by atoms with E-state index >= 15 is 0 Å². The molecule has 0 N–H and O–H groups in total. The van der Waals surface area contributed by atoms with Gasteiger partial charge >= 0.3 is 0 Å². The first-order valence-electron chi connectivity index (χ1n) is 21.9. The molecule has 0 atom stereocenters. The Bertz CT molecular complexity index is 3400. The molecule has 0 saturated heterocycles. The predicted molar refractivity (Wildman–Crippen MR) is 289 cm³/mol. The zero-order valence-corrected chi connectivity index (χ0v) is 42.3. The maximum absolute atomic E-state index is 12.7. The molecule has 0 unspecified atom stereocenters. The highest BCUT2D eigenvalue weighted by Crippen LogP contribution is 2.31. The van der Waals surface area contributed by atoms with Crippen molar-refractivity contribution in [3.05, 3.63) is 276 Å². The van der Waals surface area contributed by atoms with E-state index in [2.05, 4.69) is 15.0 Å². The number of carbonyl (C=O) groups is 3. The van der Waals surface area contributed by atoms with E-state index in [1.807, 2.05) is 42.5 Å². The van der Waals surface area contributed by atoms with Gasteiger partial charge in [-0.25, -0.2) is 4.98 Å². The quantitative estimate of drug-likeness (QED) is 0.110. The molecule has 7 aromatic carbocycles. The van der Waals surface area contributed by atoms with Gasteiger partial charge in [0.1, 0.15) is 28.5 Å². The van der Waals surface area contributed by atoms with Crippen molar-refractivity contribution >= 4 is 97.9 Å². The number of ketones is 3. The van der Waals surface area contributed by atoms with Crippen molar-refractivity contribution in [3.8, 4) is 34.6 Å². The van der Waals surface area contributed by atoms with E-state index in [1.54, 1.807) is 170 Å². The highest BCUT2D eigenvalue weighted by molar-refractivity contribution is 6.38. The summed E-state index contributed by atoms with van der Waals surface area (Å²) < 4.78 is 17.2. The number of benzene rings is 7. The van der Waals surface area contributed by atoms with Gasteiger partial charge in [0.05, 0.1) is 21.3 Å². The topological polar surface area (TPSA) is 118 Å². The molecule has 9 nitrogen and oxygen atoms in total. The molecule has 0 aliphatic carbocycles. The first kappa shape index (κ1) is 51.7. The van der Waals surface area contributed by atoms with Crippen LogP contribution in [0.25, 0.3) is 10.9 Å². The van der Waals surface area contributed by atoms with E-state index in [4.69, 9.17) is 83.8 Å². The Kier molecular flexibility index (Phi) is 17.5. The SMILES string of the molecule is O=C(c1ccc(Oc2cccc3cccnc23)cc1)c1cc(Cl)ccc1Cl.O=C(c1ccc(Oc2ccccn2)cc1)c1cc(Cl)ccc1Cl.O=C(c1ccc(Oc2cccnc2)cc1)c1cc(Cl)ccc1Cl. The van der Waals surface area contributed by atoms with E-state index in [1.165, 1.54) is 0 Å². The molecule has 10 rings (SSSR count). The lowest BCUT2D eigenvalue weighted by molar-refractivity contribution is 0.103. The van der Waals surface area contributed by atoms with Crippen LogP contribution in [0.3, 0.4) is 0 Å². The number of rotatable bonds is 12. The minimum absolute atomic E-state index is 0.189. The Morgan fingerprint density at radius 3 is 1.29 bits per heavy atom. The second kappa shape index (κ2) is 24.7. The molecule has 10 aromatic rings. The highest BCUT2D eigenvalue weighted by atomic mass is 35.5. The number of ether oxygens (including phenoxy) is 3. The lowest BCUT2D eigenvalue weighted by Crippen LogP contribution is -2.02. The van der Waals surface area contributed by atoms with Crippen molar-refractivity contribution in [1.29, 1.82) is 0 Å². The number of hydrogen-bond donors (Lipinski definition) is 0. The molecule has 73 heavy (non-hydrogen) atoms. The average molecular weight is 1080 g/mol. The van der Waals surface area contributed by atoms with Crippen molar-refractivity contribution in [2.24, 2.45) is 0 Å². The molecule has 0 aliphatic rings. The molecule has 0 saturated carbocycles. The monoisotopic (exact) mass is 1080 g/mol. The van der Waals surface area contributed by atoms with Gasteiger partial charge in [-0.1, -0.05) is 93.9 Å². The van der Waals surface area contributed by atoms with E-state index in [9.17, 15) is 14.4 Å². The number of para-hydroxylation sites is 1. The highest BCUT2D eigenvalue weighted by Gasteiger charge is 2.17. The summed E-state index contributed by atoms with van der Waals surface area (Å²) in [7, 11) is 0. The molecular weight excluding hydrogens is 1050 g/mol. The molecule has 0 aliphatic heterocycles. The Balaban J connectivity index is 0.000000147. The normalized spacial score (nSPS) is 10.5. The van der Waals surface area contributed by atoms with E-state index in [0.717, 1.165) is 10.9 Å². The third-order valence-corrected chi connectivity index (χ3v) is 12.1. The molecule has 0 fully saturated rings. The van der Waals surface area contributed by atoms with Crippen LogP contribution in [0.5, 0.6) is 34.6 Å². The van der Waals surface area contributed by atoms with Crippen LogP contribution < -0.4 is 14.2 Å². The summed E-state index contributed by atoms with van der Waals surface area (Å²) in [5.74, 6) is 3.03. The summed E-state index contributed by atoms with van der Waals surface area (Å²) in [5.41, 5.74) is 3.41. The summed E-state index contributed by atoms with van der Waals surface area (Å²) in [6, 6.07) is 53.5. The lowest BCUT2D eigenvalue weighted by Gasteiger charge is -2.09. The van der Waals surface area contributed by atoms with Crippen LogP contribution in [0, 0.1) is 0 Å². The molecule has 0 spiro atoms. The number of aromatic nitrogens is 3. The molecule has 0 radical (unpaired) electrons. The van der Waals surface area contributed by atoms with Gasteiger partial charge in [0.25, 0.3) is 0 Å². The van der Waals surface area contributed by atoms with Gasteiger partial charge in [-0.2, -0.15) is 0 Å². The third-order valence-electron chi connectivity index (χ3n) is 10.4. The van der Waals surface area contributed by atoms with Crippen molar-refractivity contribution < 1.29 is 28.6 Å². The van der Waals surface area contributed by atoms with Crippen molar-refractivity contribution in [3.63, 3.8) is 0 Å². The largest absolute Gasteiger partial charge is 0.456 e. The average Bonchev–Trinajstić information content (AvgIpc) is 3.42. The third kappa shape index (κ3) is 13.9. The number of carbonyl (C=O) groups excluding carboxylic acids is 3. The Hall–Kier alpha value is -7.60. The molecule has 15 heteroatoms. The number of pyridine rings is 3. The van der Waals surface area contributed by atoms with Gasteiger partial charge in [0.2, 0.25) is 5.88 Å². The van der Waals surface area contributed by atoms with E-state index < -0.39 is 0 Å². The maximum Gasteiger partial charge on any atom is 0.219 e. The second-order valence-electron chi connectivity index (χ2n) is 15.4. The Labute approximate surface area is 449 Å². The summed E-state index contributed by atoms with van der Waals surface area (Å²) in [5, 5.41) is 3.50. The first-order valence-corrected chi connectivity index (χ1v) is 24.1. The van der Waals surface area contributed by atoms with Crippen LogP contribution in [0.4, 0.5) is 0 Å². The first-order chi connectivity index (χ1) is 35.4. The second-order valence-corrected chi connectivity index (χ2v) is 18.0. The number of nitrogens with zero attached hydrogens (tertiary/aromatic N) is 3. The summed E-state index contributed by atoms with van der Waals surface area (Å²) >= 11 is 36.1. The molecular formula is C58H35Cl6N3O6. The van der Waals surface area contributed by atoms with Crippen molar-refractivity contribution in [1.82, 2.24) is 15.0 Å². The number of halogens is 6. The smallest absolute Gasteiger partial charge is 0.219 e. The minimum Gasteiger partial charge on any atom is -0.456 e. The van der Waals surface area contributed by atoms with Gasteiger partial charge in [0, 0.05) is 78.5 Å². The lowest BCUT2D eigenvalue weighted by atomic mass is 10.0. The standard InChI is InChI=1S/C22H13Cl2NO2.2C18H11Cl2NO2/c23-16-8-11-19(24)18(13-16)22(26)15-6-9-17(10-7-15)27-20-5-1-3-14-4-2-12-25-21(14)20;19-13-5-8-17(20)16(10-13)18(22)12-3-6-14(7-4-12)23-15-2-1-9-21-11-15;19-13-6-9-16(20)15(11-13)18(22)12-4-7-14(8-5-12)23-17-3-1-2-10-21-17/h1-13H;2*1-11H. The predicted octanol–water partition coefficient (Wildman–Crippen LogP) is 17.4. The molecule has 360 valence electrons. The van der Waals surface area contributed by atoms with E-state index in [-0.39, 0.29) is 17.3 Å². The Morgan fingerprint density at radius 1 is 0.370 bits per heavy atom. The zero-order chi connectivity index (χ0) is 51.3. The van der Waals surface area contributed by atoms with Crippen LogP contribution in [0.1, 0.15) is 47.8 Å². The molecule has 0 bridgehead atoms. The number of hydrogen-bond acceptors (Lipinski definition) is 9. The fourth-order valence-corrected chi connectivity index (χ4v) is 7.99. The van der Waals surface area contributed by atoms with E-state index in [0.29, 0.717) is 98.1 Å². The van der Waals surface area contributed by atoms with Gasteiger partial charge < -0.3 is 14.2 Å². The van der Waals surface area contributed by atoms with Crippen molar-refractivity contribution in [2.75, 3.05) is 0 Å².